The number of benzene rings is 2. The highest BCUT2D eigenvalue weighted by Gasteiger charge is 2.32. The summed E-state index contributed by atoms with van der Waals surface area (Å²) in [6, 6.07) is 21.0. The van der Waals surface area contributed by atoms with Crippen LogP contribution in [0, 0.1) is 0 Å². The van der Waals surface area contributed by atoms with E-state index in [2.05, 4.69) is 19.8 Å². The third-order valence-corrected chi connectivity index (χ3v) is 6.35. The Balaban J connectivity index is 1.31. The molecule has 1 fully saturated rings. The van der Waals surface area contributed by atoms with Crippen molar-refractivity contribution in [3.63, 3.8) is 0 Å². The van der Waals surface area contributed by atoms with Crippen LogP contribution in [0.5, 0.6) is 5.75 Å². The average Bonchev–Trinajstić information content (AvgIpc) is 3.28. The molecule has 2 N–H and O–H groups in total. The van der Waals surface area contributed by atoms with Gasteiger partial charge in [0.2, 0.25) is 0 Å². The summed E-state index contributed by atoms with van der Waals surface area (Å²) < 4.78 is 5.99. The lowest BCUT2D eigenvalue weighted by Gasteiger charge is -2.37. The second kappa shape index (κ2) is 10.1. The van der Waals surface area contributed by atoms with Crippen LogP contribution in [0.25, 0.3) is 10.9 Å². The number of nitrogens with zero attached hydrogens (tertiary/aromatic N) is 3. The van der Waals surface area contributed by atoms with Crippen molar-refractivity contribution in [3.05, 3.63) is 95.9 Å². The number of pyridine rings is 1. The number of rotatable bonds is 8. The number of ether oxygens (including phenoxy) is 1. The van der Waals surface area contributed by atoms with Crippen LogP contribution in [0.2, 0.25) is 0 Å². The maximum atomic E-state index is 12.4. The predicted molar refractivity (Wildman–Crippen MR) is 131 cm³/mol. The van der Waals surface area contributed by atoms with Gasteiger partial charge in [0.1, 0.15) is 18.4 Å². The highest BCUT2D eigenvalue weighted by Crippen LogP contribution is 2.32. The van der Waals surface area contributed by atoms with Crippen molar-refractivity contribution < 1.29 is 14.6 Å². The van der Waals surface area contributed by atoms with Crippen molar-refractivity contribution in [2.75, 3.05) is 26.2 Å². The van der Waals surface area contributed by atoms with Crippen molar-refractivity contribution in [2.45, 2.75) is 19.2 Å². The summed E-state index contributed by atoms with van der Waals surface area (Å²) in [7, 11) is 0. The minimum atomic E-state index is -0.838. The van der Waals surface area contributed by atoms with Crippen molar-refractivity contribution in [1.29, 1.82) is 0 Å². The number of hydrogen-bond donors (Lipinski definition) is 2. The number of carbonyl (C=O) groups is 1. The number of H-pyrrole nitrogens is 1. The number of nitrogens with one attached hydrogen (secondary N) is 1. The van der Waals surface area contributed by atoms with E-state index in [1.54, 1.807) is 6.20 Å². The summed E-state index contributed by atoms with van der Waals surface area (Å²) in [6.45, 7) is 4.21. The molecule has 1 atom stereocenters. The largest absolute Gasteiger partial charge is 0.489 e. The molecule has 0 bridgehead atoms. The molecule has 1 aliphatic rings. The lowest BCUT2D eigenvalue weighted by atomic mass is 10.0. The van der Waals surface area contributed by atoms with Crippen LogP contribution in [0.3, 0.4) is 0 Å². The summed E-state index contributed by atoms with van der Waals surface area (Å²) in [6.07, 6.45) is 3.63. The first-order chi connectivity index (χ1) is 16.7. The summed E-state index contributed by atoms with van der Waals surface area (Å²) in [5, 5.41) is 11.1. The molecule has 7 nitrogen and oxygen atoms in total. The number of carboxylic acids is 1. The molecule has 7 heteroatoms. The first kappa shape index (κ1) is 22.1. The van der Waals surface area contributed by atoms with Gasteiger partial charge in [-0.2, -0.15) is 0 Å². The maximum Gasteiger partial charge on any atom is 0.325 e. The molecule has 174 valence electrons. The number of aliphatic carboxylic acids is 1. The fourth-order valence-corrected chi connectivity index (χ4v) is 4.56. The highest BCUT2D eigenvalue weighted by molar-refractivity contribution is 5.90. The van der Waals surface area contributed by atoms with E-state index in [1.165, 1.54) is 0 Å². The number of hydrogen-bond acceptors (Lipinski definition) is 5. The molecule has 0 spiro atoms. The zero-order chi connectivity index (χ0) is 23.3. The zero-order valence-electron chi connectivity index (χ0n) is 18.9. The Morgan fingerprint density at radius 3 is 2.56 bits per heavy atom. The van der Waals surface area contributed by atoms with Gasteiger partial charge < -0.3 is 14.8 Å². The number of aromatic amines is 1. The van der Waals surface area contributed by atoms with E-state index in [1.807, 2.05) is 72.9 Å². The van der Waals surface area contributed by atoms with E-state index in [4.69, 9.17) is 4.74 Å². The Labute approximate surface area is 198 Å². The second-order valence-corrected chi connectivity index (χ2v) is 8.60. The lowest BCUT2D eigenvalue weighted by molar-refractivity contribution is -0.144. The van der Waals surface area contributed by atoms with Crippen LogP contribution < -0.4 is 4.74 Å². The summed E-state index contributed by atoms with van der Waals surface area (Å²) in [5.41, 5.74) is 3.79. The molecule has 0 radical (unpaired) electrons. The molecule has 34 heavy (non-hydrogen) atoms. The Morgan fingerprint density at radius 2 is 1.82 bits per heavy atom. The quantitative estimate of drug-likeness (QED) is 0.416. The number of piperazine rings is 1. The molecular formula is C27H28N4O3. The van der Waals surface area contributed by atoms with Crippen LogP contribution in [0.4, 0.5) is 0 Å². The fourth-order valence-electron chi connectivity index (χ4n) is 4.56. The Hall–Kier alpha value is -3.68. The maximum absolute atomic E-state index is 12.4. The number of fused-ring (bicyclic) bond motifs is 1. The Kier molecular flexibility index (Phi) is 6.56. The van der Waals surface area contributed by atoms with E-state index in [-0.39, 0.29) is 0 Å². The molecule has 0 amide bonds. The molecule has 0 aliphatic carbocycles. The van der Waals surface area contributed by atoms with Gasteiger partial charge in [-0.15, -0.1) is 0 Å². The molecule has 2 aromatic carbocycles. The fraction of sp³-hybridized carbons (Fsp3) is 0.259. The molecule has 1 aliphatic heterocycles. The number of aromatic nitrogens is 2. The Morgan fingerprint density at radius 1 is 1.03 bits per heavy atom. The first-order valence-electron chi connectivity index (χ1n) is 11.5. The van der Waals surface area contributed by atoms with Gasteiger partial charge in [-0.1, -0.05) is 36.4 Å². The zero-order valence-corrected chi connectivity index (χ0v) is 18.9. The van der Waals surface area contributed by atoms with E-state index >= 15 is 0 Å². The monoisotopic (exact) mass is 456 g/mol. The second-order valence-electron chi connectivity index (χ2n) is 8.60. The summed E-state index contributed by atoms with van der Waals surface area (Å²) in [5.74, 6) is -0.115. The van der Waals surface area contributed by atoms with Crippen LogP contribution >= 0.6 is 0 Å². The molecule has 1 unspecified atom stereocenters. The molecule has 2 aromatic heterocycles. The third-order valence-electron chi connectivity index (χ3n) is 6.35. The van der Waals surface area contributed by atoms with E-state index in [0.29, 0.717) is 19.7 Å². The van der Waals surface area contributed by atoms with E-state index in [0.717, 1.165) is 53.1 Å². The van der Waals surface area contributed by atoms with Crippen molar-refractivity contribution >= 4 is 16.9 Å². The normalized spacial score (nSPS) is 15.9. The minimum Gasteiger partial charge on any atom is -0.489 e. The summed E-state index contributed by atoms with van der Waals surface area (Å²) in [4.78, 5) is 24.4. The standard InChI is InChI=1S/C27H28N4O3/c32-27(33)26(31-14-12-30(13-15-31)18-21-8-4-5-11-28-21)24-17-29-25-10-9-22(16-23(24)25)34-19-20-6-2-1-3-7-20/h1-11,16-17,26,29H,12-15,18-19H2,(H,32,33). The third kappa shape index (κ3) is 4.95. The molecular weight excluding hydrogens is 428 g/mol. The van der Waals surface area contributed by atoms with Gasteiger partial charge in [-0.05, 0) is 35.9 Å². The van der Waals surface area contributed by atoms with Gasteiger partial charge in [0, 0.05) is 61.6 Å². The topological polar surface area (TPSA) is 81.7 Å². The van der Waals surface area contributed by atoms with Gasteiger partial charge >= 0.3 is 5.97 Å². The first-order valence-corrected chi connectivity index (χ1v) is 11.5. The lowest BCUT2D eigenvalue weighted by Crippen LogP contribution is -2.48. The predicted octanol–water partition coefficient (Wildman–Crippen LogP) is 4.09. The average molecular weight is 457 g/mol. The Bertz CT molecular complexity index is 1230. The van der Waals surface area contributed by atoms with Crippen molar-refractivity contribution in [2.24, 2.45) is 0 Å². The van der Waals surface area contributed by atoms with Crippen LogP contribution in [0.1, 0.15) is 22.9 Å². The van der Waals surface area contributed by atoms with Gasteiger partial charge in [-0.25, -0.2) is 0 Å². The smallest absolute Gasteiger partial charge is 0.325 e. The minimum absolute atomic E-state index is 0.465. The number of carboxylic acid groups (broad SMARTS) is 1. The molecule has 5 rings (SSSR count). The van der Waals surface area contributed by atoms with Gasteiger partial charge in [0.15, 0.2) is 0 Å². The summed E-state index contributed by atoms with van der Waals surface area (Å²) >= 11 is 0. The van der Waals surface area contributed by atoms with Crippen molar-refractivity contribution in [1.82, 2.24) is 19.8 Å². The molecule has 0 saturated carbocycles. The van der Waals surface area contributed by atoms with Gasteiger partial charge in [0.25, 0.3) is 0 Å². The van der Waals surface area contributed by atoms with Gasteiger partial charge in [-0.3, -0.25) is 19.6 Å². The van der Waals surface area contributed by atoms with E-state index in [9.17, 15) is 9.90 Å². The molecule has 4 aromatic rings. The SMILES string of the molecule is O=C(O)C(c1c[nH]c2ccc(OCc3ccccc3)cc12)N1CCN(Cc2ccccn2)CC1. The molecule has 1 saturated heterocycles. The van der Waals surface area contributed by atoms with Crippen molar-refractivity contribution in [3.8, 4) is 5.75 Å². The van der Waals surface area contributed by atoms with Crippen LogP contribution in [-0.4, -0.2) is 57.0 Å². The van der Waals surface area contributed by atoms with Gasteiger partial charge in [0.05, 0.1) is 5.69 Å². The van der Waals surface area contributed by atoms with Crippen LogP contribution in [-0.2, 0) is 17.9 Å². The highest BCUT2D eigenvalue weighted by atomic mass is 16.5. The van der Waals surface area contributed by atoms with Crippen LogP contribution in [0.15, 0.2) is 79.1 Å². The van der Waals surface area contributed by atoms with E-state index < -0.39 is 12.0 Å². The molecule has 3 heterocycles.